The van der Waals surface area contributed by atoms with Crippen molar-refractivity contribution < 1.29 is 4.79 Å². The Hall–Kier alpha value is -1.82. The Morgan fingerprint density at radius 1 is 1.44 bits per heavy atom. The van der Waals surface area contributed by atoms with Gasteiger partial charge in [-0.25, -0.2) is 0 Å². The summed E-state index contributed by atoms with van der Waals surface area (Å²) < 4.78 is 3.45. The third kappa shape index (κ3) is 2.38. The molecule has 1 amide bonds. The molecule has 18 heavy (non-hydrogen) atoms. The van der Waals surface area contributed by atoms with Crippen molar-refractivity contribution >= 4 is 17.5 Å². The van der Waals surface area contributed by atoms with Crippen LogP contribution in [0.2, 0.25) is 5.02 Å². The molecule has 1 N–H and O–H groups in total. The molecule has 6 nitrogen and oxygen atoms in total. The summed E-state index contributed by atoms with van der Waals surface area (Å²) in [6.07, 6.45) is 3.28. The second-order valence-electron chi connectivity index (χ2n) is 4.15. The van der Waals surface area contributed by atoms with Crippen molar-refractivity contribution in [3.63, 3.8) is 0 Å². The van der Waals surface area contributed by atoms with Gasteiger partial charge in [0.05, 0.1) is 11.1 Å². The van der Waals surface area contributed by atoms with Gasteiger partial charge in [-0.2, -0.15) is 0 Å². The van der Waals surface area contributed by atoms with E-state index in [1.165, 1.54) is 0 Å². The van der Waals surface area contributed by atoms with Gasteiger partial charge in [0.1, 0.15) is 12.0 Å². The van der Waals surface area contributed by atoms with E-state index < -0.39 is 0 Å². The molecule has 0 spiro atoms. The maximum atomic E-state index is 12.0. The van der Waals surface area contributed by atoms with Gasteiger partial charge in [-0.05, 0) is 13.0 Å². The van der Waals surface area contributed by atoms with Crippen molar-refractivity contribution in [3.05, 3.63) is 35.1 Å². The minimum Gasteiger partial charge on any atom is -0.345 e. The van der Waals surface area contributed by atoms with Crippen molar-refractivity contribution in [2.45, 2.75) is 13.0 Å². The molecule has 0 saturated heterocycles. The summed E-state index contributed by atoms with van der Waals surface area (Å²) in [6, 6.07) is 1.40. The number of halogens is 1. The summed E-state index contributed by atoms with van der Waals surface area (Å²) in [6.45, 7) is 1.85. The lowest BCUT2D eigenvalue weighted by Crippen LogP contribution is -2.29. The van der Waals surface area contributed by atoms with Crippen LogP contribution in [-0.2, 0) is 14.1 Å². The standard InChI is InChI=1S/C11H14ClN5O/c1-7(10-15-13-6-17(10)3)14-11(18)9-4-8(12)5-16(9)2/h4-7H,1-3H3,(H,14,18)/t7-/m0/s1. The predicted octanol–water partition coefficient (Wildman–Crippen LogP) is 1.30. The molecule has 2 aromatic rings. The summed E-state index contributed by atoms with van der Waals surface area (Å²) in [5.41, 5.74) is 0.508. The number of amides is 1. The summed E-state index contributed by atoms with van der Waals surface area (Å²) >= 11 is 5.84. The molecule has 1 atom stereocenters. The molecule has 0 aliphatic heterocycles. The zero-order chi connectivity index (χ0) is 13.3. The molecule has 0 aliphatic carbocycles. The molecule has 0 fully saturated rings. The fourth-order valence-electron chi connectivity index (χ4n) is 1.77. The summed E-state index contributed by atoms with van der Waals surface area (Å²) in [7, 11) is 3.60. The molecule has 2 aromatic heterocycles. The predicted molar refractivity (Wildman–Crippen MR) is 67.3 cm³/mol. The van der Waals surface area contributed by atoms with Crippen LogP contribution in [0.25, 0.3) is 0 Å². The maximum Gasteiger partial charge on any atom is 0.268 e. The van der Waals surface area contributed by atoms with Crippen molar-refractivity contribution in [2.24, 2.45) is 14.1 Å². The van der Waals surface area contributed by atoms with Crippen LogP contribution >= 0.6 is 11.6 Å². The lowest BCUT2D eigenvalue weighted by atomic mass is 10.3. The minimum absolute atomic E-state index is 0.195. The number of carbonyl (C=O) groups is 1. The average Bonchev–Trinajstić information content (AvgIpc) is 2.84. The maximum absolute atomic E-state index is 12.0. The molecule has 7 heteroatoms. The van der Waals surface area contributed by atoms with E-state index >= 15 is 0 Å². The van der Waals surface area contributed by atoms with Crippen LogP contribution in [-0.4, -0.2) is 25.2 Å². The third-order valence-electron chi connectivity index (χ3n) is 2.69. The number of carbonyl (C=O) groups excluding carboxylic acids is 1. The van der Waals surface area contributed by atoms with Crippen LogP contribution in [0.3, 0.4) is 0 Å². The van der Waals surface area contributed by atoms with Gasteiger partial charge < -0.3 is 14.5 Å². The van der Waals surface area contributed by atoms with Gasteiger partial charge in [-0.1, -0.05) is 11.6 Å². The Bertz CT molecular complexity index is 574. The van der Waals surface area contributed by atoms with E-state index in [1.54, 1.807) is 34.8 Å². The monoisotopic (exact) mass is 267 g/mol. The van der Waals surface area contributed by atoms with Gasteiger partial charge in [0, 0.05) is 20.3 Å². The van der Waals surface area contributed by atoms with Crippen LogP contribution in [0.15, 0.2) is 18.6 Å². The fourth-order valence-corrected chi connectivity index (χ4v) is 2.02. The summed E-state index contributed by atoms with van der Waals surface area (Å²) in [5.74, 6) is 0.503. The topological polar surface area (TPSA) is 64.7 Å². The Morgan fingerprint density at radius 2 is 2.17 bits per heavy atom. The first-order valence-electron chi connectivity index (χ1n) is 5.45. The van der Waals surface area contributed by atoms with Crippen molar-refractivity contribution in [2.75, 3.05) is 0 Å². The van der Waals surface area contributed by atoms with E-state index in [0.29, 0.717) is 16.5 Å². The highest BCUT2D eigenvalue weighted by Crippen LogP contribution is 2.14. The summed E-state index contributed by atoms with van der Waals surface area (Å²) in [5, 5.41) is 11.1. The highest BCUT2D eigenvalue weighted by molar-refractivity contribution is 6.31. The molecule has 0 aliphatic rings. The number of rotatable bonds is 3. The largest absolute Gasteiger partial charge is 0.345 e. The number of nitrogens with zero attached hydrogens (tertiary/aromatic N) is 4. The fraction of sp³-hybridized carbons (Fsp3) is 0.364. The van der Waals surface area contributed by atoms with Crippen LogP contribution < -0.4 is 5.32 Å². The van der Waals surface area contributed by atoms with Crippen LogP contribution in [0, 0.1) is 0 Å². The van der Waals surface area contributed by atoms with E-state index in [-0.39, 0.29) is 11.9 Å². The first kappa shape index (κ1) is 12.6. The van der Waals surface area contributed by atoms with E-state index in [4.69, 9.17) is 11.6 Å². The molecule has 96 valence electrons. The number of nitrogens with one attached hydrogen (secondary N) is 1. The smallest absolute Gasteiger partial charge is 0.268 e. The van der Waals surface area contributed by atoms with Gasteiger partial charge in [0.25, 0.3) is 5.91 Å². The average molecular weight is 268 g/mol. The Kier molecular flexibility index (Phi) is 3.38. The van der Waals surface area contributed by atoms with Crippen LogP contribution in [0.5, 0.6) is 0 Å². The lowest BCUT2D eigenvalue weighted by Gasteiger charge is -2.13. The van der Waals surface area contributed by atoms with Crippen molar-refractivity contribution in [1.82, 2.24) is 24.6 Å². The van der Waals surface area contributed by atoms with E-state index in [1.807, 2.05) is 14.0 Å². The summed E-state index contributed by atoms with van der Waals surface area (Å²) in [4.78, 5) is 12.0. The Balaban J connectivity index is 2.13. The molecule has 0 bridgehead atoms. The number of aryl methyl sites for hydroxylation is 2. The molecular weight excluding hydrogens is 254 g/mol. The van der Waals surface area contributed by atoms with Crippen LogP contribution in [0.4, 0.5) is 0 Å². The zero-order valence-electron chi connectivity index (χ0n) is 10.4. The molecule has 0 radical (unpaired) electrons. The van der Waals surface area contributed by atoms with Gasteiger partial charge in [0.2, 0.25) is 0 Å². The molecule has 0 saturated carbocycles. The normalized spacial score (nSPS) is 12.4. The Labute approximate surface area is 110 Å². The van der Waals surface area contributed by atoms with Gasteiger partial charge >= 0.3 is 0 Å². The minimum atomic E-state index is -0.223. The van der Waals surface area contributed by atoms with E-state index in [9.17, 15) is 4.79 Å². The van der Waals surface area contributed by atoms with E-state index in [0.717, 1.165) is 0 Å². The van der Waals surface area contributed by atoms with Crippen molar-refractivity contribution in [1.29, 1.82) is 0 Å². The zero-order valence-corrected chi connectivity index (χ0v) is 11.1. The Morgan fingerprint density at radius 3 is 2.67 bits per heavy atom. The molecule has 0 unspecified atom stereocenters. The quantitative estimate of drug-likeness (QED) is 0.912. The van der Waals surface area contributed by atoms with Gasteiger partial charge in [-0.15, -0.1) is 10.2 Å². The number of aromatic nitrogens is 4. The van der Waals surface area contributed by atoms with Gasteiger partial charge in [-0.3, -0.25) is 4.79 Å². The van der Waals surface area contributed by atoms with Crippen LogP contribution in [0.1, 0.15) is 29.3 Å². The number of hydrogen-bond donors (Lipinski definition) is 1. The second kappa shape index (κ2) is 4.81. The molecule has 0 aromatic carbocycles. The number of hydrogen-bond acceptors (Lipinski definition) is 3. The highest BCUT2D eigenvalue weighted by Gasteiger charge is 2.17. The molecule has 2 heterocycles. The third-order valence-corrected chi connectivity index (χ3v) is 2.89. The first-order chi connectivity index (χ1) is 8.49. The molecular formula is C11H14ClN5O. The highest BCUT2D eigenvalue weighted by atomic mass is 35.5. The van der Waals surface area contributed by atoms with Gasteiger partial charge in [0.15, 0.2) is 5.82 Å². The van der Waals surface area contributed by atoms with Crippen molar-refractivity contribution in [3.8, 4) is 0 Å². The first-order valence-corrected chi connectivity index (χ1v) is 5.83. The second-order valence-corrected chi connectivity index (χ2v) is 4.59. The lowest BCUT2D eigenvalue weighted by molar-refractivity contribution is 0.0929. The molecule has 2 rings (SSSR count). The SMILES string of the molecule is C[C@H](NC(=O)c1cc(Cl)cn1C)c1nncn1C. The van der Waals surface area contributed by atoms with E-state index in [2.05, 4.69) is 15.5 Å².